The molecule has 2 bridgehead atoms. The number of nitrogens with one attached hydrogen (secondary N) is 2. The maximum Gasteiger partial charge on any atom is 0.408 e. The maximum absolute atomic E-state index is 14.0. The Bertz CT molecular complexity index is 2200. The van der Waals surface area contributed by atoms with Crippen LogP contribution in [0.25, 0.3) is 0 Å². The summed E-state index contributed by atoms with van der Waals surface area (Å²) in [4.78, 5) is 32.6. The second kappa shape index (κ2) is 18.8. The average Bonchev–Trinajstić information content (AvgIpc) is 3.26. The third-order valence-corrected chi connectivity index (χ3v) is 11.4. The van der Waals surface area contributed by atoms with E-state index in [1.807, 2.05) is 54.6 Å². The minimum atomic E-state index is -0.808. The van der Waals surface area contributed by atoms with Crippen LogP contribution in [0.2, 0.25) is 10.0 Å². The summed E-state index contributed by atoms with van der Waals surface area (Å²) in [5.74, 6) is 1.81. The average molecular weight is 828 g/mol. The van der Waals surface area contributed by atoms with E-state index < -0.39 is 24.2 Å². The molecule has 58 heavy (non-hydrogen) atoms. The number of alkyl carbamates (subject to hydrolysis) is 1. The van der Waals surface area contributed by atoms with Crippen LogP contribution in [-0.2, 0) is 22.5 Å². The van der Waals surface area contributed by atoms with Gasteiger partial charge in [0.2, 0.25) is 0 Å². The van der Waals surface area contributed by atoms with Gasteiger partial charge in [-0.3, -0.25) is 4.90 Å². The lowest BCUT2D eigenvalue weighted by molar-refractivity contribution is -0.377. The van der Waals surface area contributed by atoms with Crippen LogP contribution in [0.4, 0.5) is 4.79 Å². The predicted molar refractivity (Wildman–Crippen MR) is 219 cm³/mol. The number of carbonyl (C=O) groups excluding carboxylic acids is 2. The second-order valence-corrected chi connectivity index (χ2v) is 15.2. The number of aromatic amines is 1. The first-order valence-electron chi connectivity index (χ1n) is 19.1. The molecule has 0 radical (unpaired) electrons. The Hall–Kier alpha value is -5.49. The van der Waals surface area contributed by atoms with Gasteiger partial charge in [-0.25, -0.2) is 14.6 Å². The van der Waals surface area contributed by atoms with Gasteiger partial charge in [-0.05, 0) is 96.6 Å². The van der Waals surface area contributed by atoms with Gasteiger partial charge in [0.1, 0.15) is 40.4 Å². The van der Waals surface area contributed by atoms with Crippen LogP contribution < -0.4 is 29.2 Å². The van der Waals surface area contributed by atoms with E-state index in [1.54, 1.807) is 55.9 Å². The summed E-state index contributed by atoms with van der Waals surface area (Å²) in [6.07, 6.45) is 4.14. The molecule has 3 aliphatic rings. The largest absolute Gasteiger partial charge is 0.497 e. The fourth-order valence-electron chi connectivity index (χ4n) is 7.60. The number of esters is 1. The monoisotopic (exact) mass is 826 g/mol. The number of fused-ring (bicyclic) bond motifs is 3. The molecule has 11 nitrogen and oxygen atoms in total. The Kier molecular flexibility index (Phi) is 13.2. The highest BCUT2D eigenvalue weighted by atomic mass is 35.5. The quantitative estimate of drug-likeness (QED) is 0.104. The van der Waals surface area contributed by atoms with E-state index in [4.69, 9.17) is 51.6 Å². The number of benzene rings is 4. The third kappa shape index (κ3) is 9.78. The standard InChI is InChI=1S/C45H45Cl2N3O8/c1-53-35-19-28(18-33(21-35)44(51)57-40(23-36-37(46)24-48-25-38(36)47)31-12-13-39(54-2)41(22-31)55-3)27-56-34-11-7-10-32(20-34)43(30-8-5-4-6-9-30)49-45(52)58-42-26-50-16-14-29(42)15-17-50/h4-13,18-22,24-25,29,40,42-43H,14-17,23,26-27H2,1-3H3,(H,49,52)/p+1/t40-,42-,43-/m0/s1. The van der Waals surface area contributed by atoms with Gasteiger partial charge >= 0.3 is 12.1 Å². The van der Waals surface area contributed by atoms with Gasteiger partial charge in [0.25, 0.3) is 0 Å². The zero-order chi connectivity index (χ0) is 40.6. The lowest BCUT2D eigenvalue weighted by atomic mass is 9.86. The minimum Gasteiger partial charge on any atom is -0.497 e. The number of hydrogen-bond donors (Lipinski definition) is 1. The van der Waals surface area contributed by atoms with Gasteiger partial charge in [-0.2, -0.15) is 0 Å². The normalized spacial score (nSPS) is 18.1. The lowest BCUT2D eigenvalue weighted by Crippen LogP contribution is -2.52. The predicted octanol–water partition coefficient (Wildman–Crippen LogP) is 8.46. The molecule has 5 aromatic rings. The topological polar surface area (TPSA) is 119 Å². The van der Waals surface area contributed by atoms with Crippen molar-refractivity contribution < 1.29 is 43.0 Å². The van der Waals surface area contributed by atoms with E-state index in [-0.39, 0.29) is 24.7 Å². The molecule has 0 unspecified atom stereocenters. The molecule has 302 valence electrons. The Morgan fingerprint density at radius 3 is 2.22 bits per heavy atom. The molecular formula is C45H46Cl2N3O8+. The van der Waals surface area contributed by atoms with Crippen LogP contribution in [0.5, 0.6) is 23.0 Å². The molecule has 1 amide bonds. The van der Waals surface area contributed by atoms with Crippen LogP contribution in [0.1, 0.15) is 63.2 Å². The third-order valence-electron chi connectivity index (χ3n) is 10.7. The van der Waals surface area contributed by atoms with E-state index in [0.717, 1.165) is 43.6 Å². The molecule has 8 rings (SSSR count). The van der Waals surface area contributed by atoms with Crippen LogP contribution in [0, 0.1) is 5.92 Å². The number of amides is 1. The van der Waals surface area contributed by atoms with Crippen molar-refractivity contribution in [3.8, 4) is 23.0 Å². The first-order valence-corrected chi connectivity index (χ1v) is 19.9. The molecule has 1 aromatic heterocycles. The fraction of sp³-hybridized carbons (Fsp3) is 0.311. The van der Waals surface area contributed by atoms with Crippen molar-refractivity contribution in [3.63, 3.8) is 0 Å². The van der Waals surface area contributed by atoms with Crippen molar-refractivity contribution >= 4 is 35.3 Å². The van der Waals surface area contributed by atoms with Crippen LogP contribution in [0.3, 0.4) is 0 Å². The number of H-pyrrole nitrogens is 1. The van der Waals surface area contributed by atoms with Crippen molar-refractivity contribution in [3.05, 3.63) is 147 Å². The van der Waals surface area contributed by atoms with E-state index >= 15 is 0 Å². The number of nitrogens with zero attached hydrogens (tertiary/aromatic N) is 1. The number of methoxy groups -OCH3 is 3. The van der Waals surface area contributed by atoms with Crippen LogP contribution in [-0.4, -0.2) is 64.0 Å². The van der Waals surface area contributed by atoms with Crippen molar-refractivity contribution in [2.45, 2.75) is 44.1 Å². The number of pyridine rings is 1. The highest BCUT2D eigenvalue weighted by molar-refractivity contribution is 6.35. The number of ether oxygens (including phenoxy) is 6. The van der Waals surface area contributed by atoms with Crippen LogP contribution >= 0.6 is 23.2 Å². The van der Waals surface area contributed by atoms with E-state index in [1.165, 1.54) is 14.2 Å². The Labute approximate surface area is 348 Å². The van der Waals surface area contributed by atoms with Crippen molar-refractivity contribution in [2.75, 3.05) is 41.0 Å². The summed E-state index contributed by atoms with van der Waals surface area (Å²) in [7, 11) is 4.61. The number of carbonyl (C=O) groups is 2. The summed E-state index contributed by atoms with van der Waals surface area (Å²) < 4.78 is 35.1. The molecule has 4 heterocycles. The Balaban J connectivity index is 1.09. The number of piperidine rings is 3. The number of halogens is 2. The van der Waals surface area contributed by atoms with Gasteiger partial charge in [-0.15, -0.1) is 0 Å². The summed E-state index contributed by atoms with van der Waals surface area (Å²) in [6, 6.07) is 27.3. The summed E-state index contributed by atoms with van der Waals surface area (Å²) >= 11 is 13.1. The molecule has 2 N–H and O–H groups in total. The van der Waals surface area contributed by atoms with Crippen molar-refractivity contribution in [1.29, 1.82) is 0 Å². The molecule has 0 spiro atoms. The summed E-state index contributed by atoms with van der Waals surface area (Å²) in [5, 5.41) is 3.92. The SMILES string of the molecule is COc1cc(COc2cccc([C@@H](NC(=O)O[C@H]3CN4CCC3CC4)c3ccccc3)c2)cc(C(=O)O[C@@H](Cc2c(Cl)c[nH+]cc2Cl)c2ccc(OC)c(OC)c2)c1. The molecule has 3 aliphatic heterocycles. The molecule has 3 saturated heterocycles. The number of rotatable bonds is 15. The molecule has 3 fully saturated rings. The minimum absolute atomic E-state index is 0.108. The van der Waals surface area contributed by atoms with Gasteiger partial charge in [-0.1, -0.05) is 71.7 Å². The zero-order valence-electron chi connectivity index (χ0n) is 32.5. The summed E-state index contributed by atoms with van der Waals surface area (Å²) in [5.41, 5.74) is 3.90. The number of hydrogen-bond acceptors (Lipinski definition) is 9. The van der Waals surface area contributed by atoms with Crippen molar-refractivity contribution in [2.24, 2.45) is 5.92 Å². The van der Waals surface area contributed by atoms with Gasteiger partial charge < -0.3 is 33.7 Å². The van der Waals surface area contributed by atoms with Crippen molar-refractivity contribution in [1.82, 2.24) is 10.2 Å². The first-order chi connectivity index (χ1) is 28.2. The van der Waals surface area contributed by atoms with E-state index in [9.17, 15) is 9.59 Å². The smallest absolute Gasteiger partial charge is 0.408 e. The van der Waals surface area contributed by atoms with E-state index in [2.05, 4.69) is 15.2 Å². The highest BCUT2D eigenvalue weighted by Crippen LogP contribution is 2.36. The highest BCUT2D eigenvalue weighted by Gasteiger charge is 2.37. The van der Waals surface area contributed by atoms with Gasteiger partial charge in [0.15, 0.2) is 23.9 Å². The van der Waals surface area contributed by atoms with Gasteiger partial charge in [0, 0.05) is 18.5 Å². The molecule has 0 saturated carbocycles. The Morgan fingerprint density at radius 2 is 1.53 bits per heavy atom. The molecule has 3 atom stereocenters. The van der Waals surface area contributed by atoms with E-state index in [0.29, 0.717) is 55.7 Å². The lowest BCUT2D eigenvalue weighted by Gasteiger charge is -2.43. The Morgan fingerprint density at radius 1 is 0.793 bits per heavy atom. The zero-order valence-corrected chi connectivity index (χ0v) is 34.1. The fourth-order valence-corrected chi connectivity index (χ4v) is 8.14. The number of aromatic nitrogens is 1. The molecule has 0 aliphatic carbocycles. The second-order valence-electron chi connectivity index (χ2n) is 14.3. The maximum atomic E-state index is 14.0. The molecule has 4 aromatic carbocycles. The first kappa shape index (κ1) is 40.7. The van der Waals surface area contributed by atoms with Crippen LogP contribution in [0.15, 0.2) is 103 Å². The summed E-state index contributed by atoms with van der Waals surface area (Å²) in [6.45, 7) is 3.01. The molecular weight excluding hydrogens is 781 g/mol. The van der Waals surface area contributed by atoms with Gasteiger partial charge in [0.05, 0.1) is 32.9 Å². The molecule has 13 heteroatoms.